The summed E-state index contributed by atoms with van der Waals surface area (Å²) in [5.74, 6) is -0.162. The molecular formula is C13H16F3NO. The van der Waals surface area contributed by atoms with Crippen molar-refractivity contribution in [3.05, 3.63) is 29.8 Å². The number of nitrogens with one attached hydrogen (secondary N) is 1. The highest BCUT2D eigenvalue weighted by atomic mass is 19.4. The molecule has 1 unspecified atom stereocenters. The molecule has 1 saturated carbocycles. The van der Waals surface area contributed by atoms with Gasteiger partial charge in [-0.15, -0.1) is 13.2 Å². The van der Waals surface area contributed by atoms with Crippen molar-refractivity contribution in [1.82, 2.24) is 5.32 Å². The summed E-state index contributed by atoms with van der Waals surface area (Å²) >= 11 is 0. The highest BCUT2D eigenvalue weighted by molar-refractivity contribution is 5.32. The van der Waals surface area contributed by atoms with Crippen molar-refractivity contribution < 1.29 is 17.9 Å². The lowest BCUT2D eigenvalue weighted by Crippen LogP contribution is -2.24. The van der Waals surface area contributed by atoms with Gasteiger partial charge in [-0.3, -0.25) is 0 Å². The molecular weight excluding hydrogens is 243 g/mol. The fourth-order valence-corrected chi connectivity index (χ4v) is 2.29. The van der Waals surface area contributed by atoms with Crippen LogP contribution in [0.25, 0.3) is 0 Å². The zero-order chi connectivity index (χ0) is 13.4. The third-order valence-electron chi connectivity index (χ3n) is 3.45. The van der Waals surface area contributed by atoms with Crippen LogP contribution in [-0.2, 0) is 0 Å². The van der Waals surface area contributed by atoms with Crippen LogP contribution in [0, 0.1) is 5.41 Å². The summed E-state index contributed by atoms with van der Waals surface area (Å²) in [5.41, 5.74) is 0.977. The summed E-state index contributed by atoms with van der Waals surface area (Å²) in [6.45, 7) is 2.13. The van der Waals surface area contributed by atoms with Crippen LogP contribution in [0.1, 0.15) is 31.4 Å². The van der Waals surface area contributed by atoms with Crippen molar-refractivity contribution in [3.63, 3.8) is 0 Å². The average molecular weight is 259 g/mol. The topological polar surface area (TPSA) is 21.3 Å². The molecule has 1 aromatic rings. The zero-order valence-electron chi connectivity index (χ0n) is 10.3. The van der Waals surface area contributed by atoms with Gasteiger partial charge in [-0.25, -0.2) is 0 Å². The Morgan fingerprint density at radius 2 is 2.00 bits per heavy atom. The molecule has 0 spiro atoms. The number of rotatable bonds is 4. The number of alkyl halides is 3. The molecule has 5 heteroatoms. The summed E-state index contributed by atoms with van der Waals surface area (Å²) in [6.07, 6.45) is -2.47. The Balaban J connectivity index is 2.21. The fourth-order valence-electron chi connectivity index (χ4n) is 2.29. The number of hydrogen-bond acceptors (Lipinski definition) is 2. The highest BCUT2D eigenvalue weighted by Crippen LogP contribution is 2.54. The highest BCUT2D eigenvalue weighted by Gasteiger charge is 2.45. The second-order valence-corrected chi connectivity index (χ2v) is 5.00. The molecule has 1 atom stereocenters. The van der Waals surface area contributed by atoms with Crippen molar-refractivity contribution in [2.24, 2.45) is 5.41 Å². The molecule has 0 aliphatic heterocycles. The Hall–Kier alpha value is -1.23. The monoisotopic (exact) mass is 259 g/mol. The maximum absolute atomic E-state index is 12.2. The standard InChI is InChI=1S/C13H16F3NO/c1-12(6-7-12)11(17-2)9-4-3-5-10(8-9)18-13(14,15)16/h3-5,8,11,17H,6-7H2,1-2H3. The van der Waals surface area contributed by atoms with E-state index in [-0.39, 0.29) is 17.2 Å². The van der Waals surface area contributed by atoms with Gasteiger partial charge in [0, 0.05) is 6.04 Å². The molecule has 0 bridgehead atoms. The van der Waals surface area contributed by atoms with Crippen LogP contribution in [0.3, 0.4) is 0 Å². The molecule has 2 rings (SSSR count). The molecule has 2 nitrogen and oxygen atoms in total. The van der Waals surface area contributed by atoms with Crippen molar-refractivity contribution in [2.75, 3.05) is 7.05 Å². The second-order valence-electron chi connectivity index (χ2n) is 5.00. The first-order valence-corrected chi connectivity index (χ1v) is 5.87. The molecule has 1 fully saturated rings. The predicted molar refractivity (Wildman–Crippen MR) is 62.3 cm³/mol. The van der Waals surface area contributed by atoms with Crippen LogP contribution in [0.5, 0.6) is 5.75 Å². The van der Waals surface area contributed by atoms with Gasteiger partial charge in [0.05, 0.1) is 0 Å². The van der Waals surface area contributed by atoms with E-state index in [1.54, 1.807) is 6.07 Å². The normalized spacial score (nSPS) is 19.4. The Kier molecular flexibility index (Phi) is 3.27. The number of hydrogen-bond donors (Lipinski definition) is 1. The van der Waals surface area contributed by atoms with E-state index in [2.05, 4.69) is 17.0 Å². The van der Waals surface area contributed by atoms with E-state index in [4.69, 9.17) is 0 Å². The Morgan fingerprint density at radius 1 is 1.33 bits per heavy atom. The molecule has 0 heterocycles. The second kappa shape index (κ2) is 4.46. The van der Waals surface area contributed by atoms with Gasteiger partial charge >= 0.3 is 6.36 Å². The minimum Gasteiger partial charge on any atom is -0.406 e. The molecule has 0 saturated heterocycles. The van der Waals surface area contributed by atoms with Crippen molar-refractivity contribution in [1.29, 1.82) is 0 Å². The maximum Gasteiger partial charge on any atom is 0.573 e. The van der Waals surface area contributed by atoms with Gasteiger partial charge in [-0.1, -0.05) is 19.1 Å². The van der Waals surface area contributed by atoms with E-state index in [0.717, 1.165) is 18.4 Å². The smallest absolute Gasteiger partial charge is 0.406 e. The quantitative estimate of drug-likeness (QED) is 0.891. The van der Waals surface area contributed by atoms with Gasteiger partial charge in [-0.05, 0) is 43.0 Å². The first kappa shape index (κ1) is 13.2. The molecule has 0 amide bonds. The number of benzene rings is 1. The maximum atomic E-state index is 12.2. The lowest BCUT2D eigenvalue weighted by Gasteiger charge is -2.24. The summed E-state index contributed by atoms with van der Waals surface area (Å²) in [5, 5.41) is 3.17. The van der Waals surface area contributed by atoms with E-state index in [1.165, 1.54) is 12.1 Å². The molecule has 18 heavy (non-hydrogen) atoms. The molecule has 0 aromatic heterocycles. The van der Waals surface area contributed by atoms with Crippen LogP contribution in [0.15, 0.2) is 24.3 Å². The average Bonchev–Trinajstić information content (AvgIpc) is 2.96. The Labute approximate surface area is 104 Å². The van der Waals surface area contributed by atoms with E-state index in [1.807, 2.05) is 13.1 Å². The lowest BCUT2D eigenvalue weighted by atomic mass is 9.92. The zero-order valence-corrected chi connectivity index (χ0v) is 10.3. The SMILES string of the molecule is CNC(c1cccc(OC(F)(F)F)c1)C1(C)CC1. The van der Waals surface area contributed by atoms with Crippen LogP contribution in [0.4, 0.5) is 13.2 Å². The first-order chi connectivity index (χ1) is 8.34. The number of ether oxygens (including phenoxy) is 1. The molecule has 1 aliphatic carbocycles. The van der Waals surface area contributed by atoms with E-state index >= 15 is 0 Å². The largest absolute Gasteiger partial charge is 0.573 e. The van der Waals surface area contributed by atoms with E-state index < -0.39 is 6.36 Å². The van der Waals surface area contributed by atoms with Gasteiger partial charge in [0.1, 0.15) is 5.75 Å². The fraction of sp³-hybridized carbons (Fsp3) is 0.538. The minimum absolute atomic E-state index is 0.0642. The Morgan fingerprint density at radius 3 is 2.50 bits per heavy atom. The Bertz CT molecular complexity index is 426. The van der Waals surface area contributed by atoms with Gasteiger partial charge in [-0.2, -0.15) is 0 Å². The molecule has 1 aliphatic rings. The van der Waals surface area contributed by atoms with E-state index in [9.17, 15) is 13.2 Å². The predicted octanol–water partition coefficient (Wildman–Crippen LogP) is 3.65. The molecule has 100 valence electrons. The lowest BCUT2D eigenvalue weighted by molar-refractivity contribution is -0.274. The summed E-state index contributed by atoms with van der Waals surface area (Å²) in [4.78, 5) is 0. The van der Waals surface area contributed by atoms with Crippen LogP contribution >= 0.6 is 0 Å². The van der Waals surface area contributed by atoms with Gasteiger partial charge in [0.15, 0.2) is 0 Å². The van der Waals surface area contributed by atoms with Crippen LogP contribution in [-0.4, -0.2) is 13.4 Å². The summed E-state index contributed by atoms with van der Waals surface area (Å²) in [7, 11) is 1.82. The number of halogens is 3. The van der Waals surface area contributed by atoms with Crippen molar-refractivity contribution >= 4 is 0 Å². The summed E-state index contributed by atoms with van der Waals surface area (Å²) in [6, 6.07) is 6.26. The third kappa shape index (κ3) is 2.96. The van der Waals surface area contributed by atoms with Gasteiger partial charge in [0.2, 0.25) is 0 Å². The summed E-state index contributed by atoms with van der Waals surface area (Å²) < 4.78 is 40.4. The van der Waals surface area contributed by atoms with Crippen molar-refractivity contribution in [2.45, 2.75) is 32.2 Å². The van der Waals surface area contributed by atoms with Crippen LogP contribution < -0.4 is 10.1 Å². The van der Waals surface area contributed by atoms with E-state index in [0.29, 0.717) is 0 Å². The van der Waals surface area contributed by atoms with Gasteiger partial charge in [0.25, 0.3) is 0 Å². The molecule has 1 aromatic carbocycles. The molecule has 1 N–H and O–H groups in total. The minimum atomic E-state index is -4.64. The first-order valence-electron chi connectivity index (χ1n) is 5.87. The van der Waals surface area contributed by atoms with Crippen LogP contribution in [0.2, 0.25) is 0 Å². The third-order valence-corrected chi connectivity index (χ3v) is 3.45. The molecule has 0 radical (unpaired) electrons. The van der Waals surface area contributed by atoms with Gasteiger partial charge < -0.3 is 10.1 Å². The van der Waals surface area contributed by atoms with Crippen molar-refractivity contribution in [3.8, 4) is 5.75 Å².